The number of benzene rings is 2. The molecule has 6 heteroatoms. The van der Waals surface area contributed by atoms with Crippen LogP contribution in [0.3, 0.4) is 0 Å². The number of aryl methyl sites for hydroxylation is 2. The molecule has 0 bridgehead atoms. The average molecular weight is 363 g/mol. The van der Waals surface area contributed by atoms with E-state index in [0.29, 0.717) is 10.7 Å². The number of imide groups is 1. The number of carbonyl (C=O) groups excluding carboxylic acids is 2. The second-order valence-electron chi connectivity index (χ2n) is 5.83. The van der Waals surface area contributed by atoms with Crippen LogP contribution < -0.4 is 10.2 Å². The van der Waals surface area contributed by atoms with Gasteiger partial charge in [0.1, 0.15) is 6.04 Å². The molecule has 1 saturated heterocycles. The average Bonchev–Trinajstić information content (AvgIpc) is 2.78. The fourth-order valence-electron chi connectivity index (χ4n) is 2.88. The molecule has 1 aliphatic heterocycles. The number of anilines is 2. The van der Waals surface area contributed by atoms with Crippen LogP contribution in [0.5, 0.6) is 0 Å². The molecule has 1 unspecified atom stereocenters. The van der Waals surface area contributed by atoms with Gasteiger partial charge < -0.3 is 5.32 Å². The first-order valence-electron chi connectivity index (χ1n) is 7.53. The first-order chi connectivity index (χ1) is 11.4. The van der Waals surface area contributed by atoms with E-state index in [4.69, 9.17) is 23.2 Å². The number of hydrogen-bond acceptors (Lipinski definition) is 3. The van der Waals surface area contributed by atoms with Gasteiger partial charge >= 0.3 is 0 Å². The number of para-hydroxylation sites is 1. The highest BCUT2D eigenvalue weighted by molar-refractivity contribution is 6.38. The van der Waals surface area contributed by atoms with E-state index >= 15 is 0 Å². The molecule has 0 radical (unpaired) electrons. The van der Waals surface area contributed by atoms with Crippen molar-refractivity contribution < 1.29 is 9.59 Å². The summed E-state index contributed by atoms with van der Waals surface area (Å²) in [6, 6.07) is 9.98. The second-order valence-corrected chi connectivity index (χ2v) is 6.67. The number of hydrogen-bond donors (Lipinski definition) is 1. The van der Waals surface area contributed by atoms with Crippen molar-refractivity contribution in [1.29, 1.82) is 0 Å². The van der Waals surface area contributed by atoms with Crippen molar-refractivity contribution in [3.63, 3.8) is 0 Å². The predicted molar refractivity (Wildman–Crippen MR) is 96.9 cm³/mol. The van der Waals surface area contributed by atoms with Crippen molar-refractivity contribution in [2.24, 2.45) is 0 Å². The minimum absolute atomic E-state index is 0.0889. The zero-order valence-corrected chi connectivity index (χ0v) is 14.8. The summed E-state index contributed by atoms with van der Waals surface area (Å²) < 4.78 is 0. The molecule has 1 heterocycles. The molecule has 124 valence electrons. The van der Waals surface area contributed by atoms with E-state index in [-0.39, 0.29) is 23.3 Å². The third kappa shape index (κ3) is 2.99. The van der Waals surface area contributed by atoms with Crippen molar-refractivity contribution in [3.05, 3.63) is 57.6 Å². The summed E-state index contributed by atoms with van der Waals surface area (Å²) in [5.41, 5.74) is 3.30. The van der Waals surface area contributed by atoms with Crippen LogP contribution in [0.1, 0.15) is 17.5 Å². The lowest BCUT2D eigenvalue weighted by Gasteiger charge is -2.19. The van der Waals surface area contributed by atoms with Crippen molar-refractivity contribution in [2.75, 3.05) is 10.2 Å². The Morgan fingerprint density at radius 1 is 1.08 bits per heavy atom. The largest absolute Gasteiger partial charge is 0.373 e. The molecule has 0 aromatic heterocycles. The third-order valence-electron chi connectivity index (χ3n) is 4.10. The van der Waals surface area contributed by atoms with Crippen molar-refractivity contribution in [1.82, 2.24) is 0 Å². The van der Waals surface area contributed by atoms with Crippen LogP contribution in [0, 0.1) is 13.8 Å². The first-order valence-corrected chi connectivity index (χ1v) is 8.28. The molecule has 0 aliphatic carbocycles. The van der Waals surface area contributed by atoms with Crippen molar-refractivity contribution in [2.45, 2.75) is 26.3 Å². The molecule has 1 aliphatic rings. The zero-order valence-electron chi connectivity index (χ0n) is 13.3. The SMILES string of the molecule is Cc1cccc(C)c1NC1CC(=O)N(c2ccc(Cl)cc2Cl)C1=O. The quantitative estimate of drug-likeness (QED) is 0.825. The molecule has 1 fully saturated rings. The summed E-state index contributed by atoms with van der Waals surface area (Å²) in [6.07, 6.45) is 0.0889. The summed E-state index contributed by atoms with van der Waals surface area (Å²) in [6.45, 7) is 3.93. The molecule has 24 heavy (non-hydrogen) atoms. The van der Waals surface area contributed by atoms with Gasteiger partial charge in [-0.05, 0) is 43.2 Å². The Morgan fingerprint density at radius 3 is 2.38 bits per heavy atom. The van der Waals surface area contributed by atoms with Gasteiger partial charge in [0.25, 0.3) is 5.91 Å². The molecule has 0 spiro atoms. The highest BCUT2D eigenvalue weighted by atomic mass is 35.5. The van der Waals surface area contributed by atoms with E-state index in [9.17, 15) is 9.59 Å². The highest BCUT2D eigenvalue weighted by Crippen LogP contribution is 2.33. The van der Waals surface area contributed by atoms with E-state index in [0.717, 1.165) is 21.7 Å². The van der Waals surface area contributed by atoms with Crippen LogP contribution in [-0.4, -0.2) is 17.9 Å². The van der Waals surface area contributed by atoms with Crippen LogP contribution >= 0.6 is 23.2 Å². The topological polar surface area (TPSA) is 49.4 Å². The van der Waals surface area contributed by atoms with Gasteiger partial charge in [0, 0.05) is 10.7 Å². The lowest BCUT2D eigenvalue weighted by atomic mass is 10.1. The van der Waals surface area contributed by atoms with Gasteiger partial charge in [-0.25, -0.2) is 4.90 Å². The van der Waals surface area contributed by atoms with Crippen molar-refractivity contribution >= 4 is 46.4 Å². The normalized spacial score (nSPS) is 17.5. The number of amides is 2. The Morgan fingerprint density at radius 2 is 1.75 bits per heavy atom. The first kappa shape index (κ1) is 16.8. The Hall–Kier alpha value is -2.04. The number of nitrogens with zero attached hydrogens (tertiary/aromatic N) is 1. The van der Waals surface area contributed by atoms with Crippen LogP contribution in [0.4, 0.5) is 11.4 Å². The second kappa shape index (κ2) is 6.46. The Kier molecular flexibility index (Phi) is 4.52. The van der Waals surface area contributed by atoms with E-state index in [1.807, 2.05) is 32.0 Å². The standard InChI is InChI=1S/C18H16Cl2N2O2/c1-10-4-3-5-11(2)17(10)21-14-9-16(23)22(18(14)24)15-7-6-12(19)8-13(15)20/h3-8,14,21H,9H2,1-2H3. The van der Waals surface area contributed by atoms with E-state index in [2.05, 4.69) is 5.32 Å². The summed E-state index contributed by atoms with van der Waals surface area (Å²) in [5.74, 6) is -0.597. The Bertz CT molecular complexity index is 816. The van der Waals surface area contributed by atoms with E-state index < -0.39 is 6.04 Å². The predicted octanol–water partition coefficient (Wildman–Crippen LogP) is 4.35. The number of carbonyl (C=O) groups is 2. The molecule has 1 N–H and O–H groups in total. The lowest BCUT2D eigenvalue weighted by molar-refractivity contribution is -0.121. The maximum absolute atomic E-state index is 12.7. The molecular formula is C18H16Cl2N2O2. The lowest BCUT2D eigenvalue weighted by Crippen LogP contribution is -2.35. The Labute approximate surface area is 150 Å². The van der Waals surface area contributed by atoms with Crippen LogP contribution in [0.15, 0.2) is 36.4 Å². The van der Waals surface area contributed by atoms with Gasteiger partial charge in [-0.1, -0.05) is 41.4 Å². The maximum atomic E-state index is 12.7. The van der Waals surface area contributed by atoms with E-state index in [1.54, 1.807) is 12.1 Å². The smallest absolute Gasteiger partial charge is 0.256 e. The van der Waals surface area contributed by atoms with Crippen LogP contribution in [0.25, 0.3) is 0 Å². The van der Waals surface area contributed by atoms with Crippen LogP contribution in [0.2, 0.25) is 10.0 Å². The minimum atomic E-state index is -0.607. The van der Waals surface area contributed by atoms with Gasteiger partial charge in [0.2, 0.25) is 5.91 Å². The summed E-state index contributed by atoms with van der Waals surface area (Å²) in [4.78, 5) is 26.2. The highest BCUT2D eigenvalue weighted by Gasteiger charge is 2.40. The van der Waals surface area contributed by atoms with Crippen LogP contribution in [-0.2, 0) is 9.59 Å². The number of halogens is 2. The monoisotopic (exact) mass is 362 g/mol. The molecule has 4 nitrogen and oxygen atoms in total. The molecule has 1 atom stereocenters. The summed E-state index contributed by atoms with van der Waals surface area (Å²) in [5, 5.41) is 3.93. The van der Waals surface area contributed by atoms with Gasteiger partial charge in [-0.15, -0.1) is 0 Å². The number of rotatable bonds is 3. The fourth-order valence-corrected chi connectivity index (χ4v) is 3.37. The minimum Gasteiger partial charge on any atom is -0.373 e. The molecule has 3 rings (SSSR count). The fraction of sp³-hybridized carbons (Fsp3) is 0.222. The summed E-state index contributed by atoms with van der Waals surface area (Å²) >= 11 is 12.0. The van der Waals surface area contributed by atoms with Gasteiger partial charge in [-0.3, -0.25) is 9.59 Å². The van der Waals surface area contributed by atoms with Gasteiger partial charge in [0.15, 0.2) is 0 Å². The molecule has 2 amide bonds. The van der Waals surface area contributed by atoms with Crippen molar-refractivity contribution in [3.8, 4) is 0 Å². The van der Waals surface area contributed by atoms with Gasteiger partial charge in [-0.2, -0.15) is 0 Å². The molecular weight excluding hydrogens is 347 g/mol. The van der Waals surface area contributed by atoms with Gasteiger partial charge in [0.05, 0.1) is 17.1 Å². The summed E-state index contributed by atoms with van der Waals surface area (Å²) in [7, 11) is 0. The maximum Gasteiger partial charge on any atom is 0.256 e. The third-order valence-corrected chi connectivity index (χ3v) is 4.63. The Balaban J connectivity index is 1.89. The zero-order chi connectivity index (χ0) is 17.4. The number of nitrogens with one attached hydrogen (secondary N) is 1. The van der Waals surface area contributed by atoms with E-state index in [1.165, 1.54) is 6.07 Å². The molecule has 2 aromatic rings. The molecule has 2 aromatic carbocycles. The molecule has 0 saturated carbocycles.